The maximum absolute atomic E-state index is 5.96. The van der Waals surface area contributed by atoms with Crippen molar-refractivity contribution in [2.24, 2.45) is 4.40 Å². The van der Waals surface area contributed by atoms with Crippen molar-refractivity contribution in [3.05, 3.63) is 33.8 Å². The standard InChI is InChI=1S/C7H3Cl2N2S2/c8-4-1-2-6(9)5(3-4)7-10-12-13-11-7/h1-3H. The van der Waals surface area contributed by atoms with Gasteiger partial charge in [0.1, 0.15) is 0 Å². The van der Waals surface area contributed by atoms with Crippen LogP contribution in [0.25, 0.3) is 0 Å². The second-order valence-corrected chi connectivity index (χ2v) is 4.68. The number of nitrogens with zero attached hydrogens (tertiary/aromatic N) is 2. The maximum Gasteiger partial charge on any atom is 0.178 e. The Morgan fingerprint density at radius 1 is 1.15 bits per heavy atom. The fourth-order valence-electron chi connectivity index (χ4n) is 0.888. The molecule has 0 fully saturated rings. The van der Waals surface area contributed by atoms with E-state index in [4.69, 9.17) is 23.2 Å². The van der Waals surface area contributed by atoms with Gasteiger partial charge in [0.25, 0.3) is 0 Å². The van der Waals surface area contributed by atoms with Gasteiger partial charge in [0, 0.05) is 10.6 Å². The molecule has 1 aromatic carbocycles. The van der Waals surface area contributed by atoms with E-state index in [0.29, 0.717) is 15.9 Å². The first-order valence-corrected chi connectivity index (χ1v) is 6.16. The molecule has 0 aromatic heterocycles. The normalized spacial score (nSPS) is 15.4. The molecule has 1 heterocycles. The van der Waals surface area contributed by atoms with Crippen LogP contribution in [0.2, 0.25) is 10.0 Å². The third-order valence-corrected chi connectivity index (χ3v) is 3.22. The Balaban J connectivity index is 2.43. The first kappa shape index (κ1) is 9.52. The van der Waals surface area contributed by atoms with Crippen LogP contribution in [0.5, 0.6) is 0 Å². The lowest BCUT2D eigenvalue weighted by atomic mass is 10.2. The molecular formula is C7H3Cl2N2S2. The molecule has 1 aliphatic rings. The van der Waals surface area contributed by atoms with E-state index in [1.165, 1.54) is 22.0 Å². The number of benzene rings is 1. The van der Waals surface area contributed by atoms with E-state index in [1.54, 1.807) is 18.2 Å². The molecule has 2 rings (SSSR count). The van der Waals surface area contributed by atoms with Crippen LogP contribution in [-0.2, 0) is 0 Å². The predicted octanol–water partition coefficient (Wildman–Crippen LogP) is 3.57. The van der Waals surface area contributed by atoms with Crippen molar-refractivity contribution >= 4 is 51.0 Å². The minimum atomic E-state index is 0.620. The number of hydrogen-bond acceptors (Lipinski definition) is 3. The molecule has 6 heteroatoms. The van der Waals surface area contributed by atoms with E-state index in [0.717, 1.165) is 5.56 Å². The molecular weight excluding hydrogens is 247 g/mol. The minimum absolute atomic E-state index is 0.620. The second kappa shape index (κ2) is 4.00. The molecule has 13 heavy (non-hydrogen) atoms. The van der Waals surface area contributed by atoms with Crippen LogP contribution in [0.3, 0.4) is 0 Å². The summed E-state index contributed by atoms with van der Waals surface area (Å²) in [6, 6.07) is 5.24. The van der Waals surface area contributed by atoms with Gasteiger partial charge in [0.2, 0.25) is 0 Å². The molecule has 2 nitrogen and oxygen atoms in total. The highest BCUT2D eigenvalue weighted by atomic mass is 35.5. The molecule has 0 aliphatic carbocycles. The molecule has 1 aromatic rings. The average Bonchev–Trinajstić information content (AvgIpc) is 2.61. The van der Waals surface area contributed by atoms with Crippen molar-refractivity contribution < 1.29 is 0 Å². The van der Waals surface area contributed by atoms with E-state index >= 15 is 0 Å². The summed E-state index contributed by atoms with van der Waals surface area (Å²) in [7, 11) is 2.66. The summed E-state index contributed by atoms with van der Waals surface area (Å²) < 4.78 is 8.19. The van der Waals surface area contributed by atoms with Gasteiger partial charge in [0.15, 0.2) is 5.84 Å². The van der Waals surface area contributed by atoms with E-state index in [-0.39, 0.29) is 0 Å². The summed E-state index contributed by atoms with van der Waals surface area (Å²) in [5.74, 6) is 0.641. The van der Waals surface area contributed by atoms with Crippen molar-refractivity contribution in [3.8, 4) is 0 Å². The Hall–Kier alpha value is -0.0300. The highest BCUT2D eigenvalue weighted by Gasteiger charge is 2.15. The van der Waals surface area contributed by atoms with Crippen molar-refractivity contribution in [1.82, 2.24) is 4.72 Å². The van der Waals surface area contributed by atoms with Crippen LogP contribution in [0.15, 0.2) is 22.6 Å². The molecule has 1 aliphatic heterocycles. The fourth-order valence-corrected chi connectivity index (χ4v) is 2.42. The van der Waals surface area contributed by atoms with Crippen LogP contribution in [0.4, 0.5) is 0 Å². The zero-order chi connectivity index (χ0) is 9.26. The van der Waals surface area contributed by atoms with Gasteiger partial charge in [-0.25, -0.2) is 0 Å². The van der Waals surface area contributed by atoms with Crippen LogP contribution in [0, 0.1) is 0 Å². The predicted molar refractivity (Wildman–Crippen MR) is 60.3 cm³/mol. The Kier molecular flexibility index (Phi) is 2.93. The monoisotopic (exact) mass is 249 g/mol. The van der Waals surface area contributed by atoms with Gasteiger partial charge in [-0.05, 0) is 18.2 Å². The lowest BCUT2D eigenvalue weighted by molar-refractivity contribution is 1.47. The third-order valence-electron chi connectivity index (χ3n) is 1.45. The number of halogens is 2. The maximum atomic E-state index is 5.96. The number of rotatable bonds is 1. The Morgan fingerprint density at radius 2 is 2.00 bits per heavy atom. The summed E-state index contributed by atoms with van der Waals surface area (Å²) >= 11 is 11.8. The summed E-state index contributed by atoms with van der Waals surface area (Å²) in [5.41, 5.74) is 0.784. The van der Waals surface area contributed by atoms with Crippen molar-refractivity contribution in [2.45, 2.75) is 0 Å². The molecule has 0 amide bonds. The molecule has 1 radical (unpaired) electrons. The van der Waals surface area contributed by atoms with Crippen LogP contribution in [-0.4, -0.2) is 5.84 Å². The first-order valence-electron chi connectivity index (χ1n) is 3.35. The Bertz CT molecular complexity index is 368. The van der Waals surface area contributed by atoms with Crippen LogP contribution in [0.1, 0.15) is 5.56 Å². The molecule has 0 saturated carbocycles. The molecule has 0 unspecified atom stereocenters. The van der Waals surface area contributed by atoms with Gasteiger partial charge in [0.05, 0.1) is 27.0 Å². The summed E-state index contributed by atoms with van der Waals surface area (Å²) in [5, 5.41) is 1.26. The SMILES string of the molecule is Clc1ccc(Cl)c(C2=NSS[N]2)c1. The van der Waals surface area contributed by atoms with Gasteiger partial charge < -0.3 is 0 Å². The van der Waals surface area contributed by atoms with Crippen LogP contribution < -0.4 is 4.72 Å². The first-order chi connectivity index (χ1) is 6.27. The van der Waals surface area contributed by atoms with Crippen molar-refractivity contribution in [1.29, 1.82) is 0 Å². The smallest absolute Gasteiger partial charge is 0.178 e. The van der Waals surface area contributed by atoms with Crippen LogP contribution >= 0.6 is 45.2 Å². The van der Waals surface area contributed by atoms with Gasteiger partial charge >= 0.3 is 0 Å². The van der Waals surface area contributed by atoms with E-state index in [1.807, 2.05) is 0 Å². The van der Waals surface area contributed by atoms with Gasteiger partial charge in [-0.2, -0.15) is 9.12 Å². The molecule has 0 atom stereocenters. The number of hydrogen-bond donors (Lipinski definition) is 0. The molecule has 0 saturated heterocycles. The summed E-state index contributed by atoms with van der Waals surface area (Å²) in [6.45, 7) is 0. The number of amidine groups is 1. The molecule has 67 valence electrons. The Labute approximate surface area is 93.8 Å². The van der Waals surface area contributed by atoms with Gasteiger partial charge in [-0.1, -0.05) is 23.2 Å². The van der Waals surface area contributed by atoms with Gasteiger partial charge in [-0.3, -0.25) is 0 Å². The Morgan fingerprint density at radius 3 is 2.69 bits per heavy atom. The average molecular weight is 250 g/mol. The zero-order valence-electron chi connectivity index (χ0n) is 6.20. The molecule has 0 N–H and O–H groups in total. The lowest BCUT2D eigenvalue weighted by Crippen LogP contribution is -2.06. The second-order valence-electron chi connectivity index (χ2n) is 2.28. The van der Waals surface area contributed by atoms with Crippen molar-refractivity contribution in [2.75, 3.05) is 0 Å². The zero-order valence-corrected chi connectivity index (χ0v) is 9.34. The summed E-state index contributed by atoms with van der Waals surface area (Å²) in [4.78, 5) is 0. The molecule has 0 bridgehead atoms. The quantitative estimate of drug-likeness (QED) is 0.562. The van der Waals surface area contributed by atoms with E-state index < -0.39 is 0 Å². The van der Waals surface area contributed by atoms with E-state index in [2.05, 4.69) is 9.12 Å². The fraction of sp³-hybridized carbons (Fsp3) is 0. The third kappa shape index (κ3) is 2.07. The summed E-state index contributed by atoms with van der Waals surface area (Å²) in [6.07, 6.45) is 0. The van der Waals surface area contributed by atoms with Crippen molar-refractivity contribution in [3.63, 3.8) is 0 Å². The van der Waals surface area contributed by atoms with E-state index in [9.17, 15) is 0 Å². The molecule has 0 spiro atoms. The van der Waals surface area contributed by atoms with Gasteiger partial charge in [-0.15, -0.1) is 0 Å². The topological polar surface area (TPSA) is 26.5 Å². The lowest BCUT2D eigenvalue weighted by Gasteiger charge is -2.01. The highest BCUT2D eigenvalue weighted by Crippen LogP contribution is 2.31. The largest absolute Gasteiger partial charge is 0.182 e. The highest BCUT2D eigenvalue weighted by molar-refractivity contribution is 8.76. The minimum Gasteiger partial charge on any atom is -0.182 e.